The molecule has 2 N–H and O–H groups in total. The maximum atomic E-state index is 12.9. The standard InChI is InChI=1S/C22H23N3O4/c1-24(13-20(26)25-10-8-15(9-11-25)22(28)29)21(27)19-12-17-16-5-3-2-4-14(16)6-7-18(17)23-19/h2-7,12,15,23H,8-11,13H2,1H3,(H,28,29). The van der Waals surface area contributed by atoms with Gasteiger partial charge in [-0.05, 0) is 35.7 Å². The lowest BCUT2D eigenvalue weighted by molar-refractivity contribution is -0.145. The van der Waals surface area contributed by atoms with Gasteiger partial charge in [0.15, 0.2) is 0 Å². The molecule has 0 spiro atoms. The van der Waals surface area contributed by atoms with E-state index < -0.39 is 5.97 Å². The molecule has 2 amide bonds. The maximum absolute atomic E-state index is 12.9. The van der Waals surface area contributed by atoms with Crippen molar-refractivity contribution in [3.05, 3.63) is 48.2 Å². The summed E-state index contributed by atoms with van der Waals surface area (Å²) < 4.78 is 0. The van der Waals surface area contributed by atoms with Crippen LogP contribution in [0.4, 0.5) is 0 Å². The minimum Gasteiger partial charge on any atom is -0.481 e. The molecular weight excluding hydrogens is 370 g/mol. The van der Waals surface area contributed by atoms with Crippen LogP contribution in [0.15, 0.2) is 42.5 Å². The fourth-order valence-corrected chi connectivity index (χ4v) is 3.96. The molecule has 1 aromatic heterocycles. The number of hydrogen-bond acceptors (Lipinski definition) is 3. The number of amides is 2. The summed E-state index contributed by atoms with van der Waals surface area (Å²) in [5.41, 5.74) is 1.32. The highest BCUT2D eigenvalue weighted by atomic mass is 16.4. The van der Waals surface area contributed by atoms with E-state index in [2.05, 4.69) is 4.98 Å². The first-order valence-corrected chi connectivity index (χ1v) is 9.70. The Morgan fingerprint density at radius 2 is 1.83 bits per heavy atom. The minimum atomic E-state index is -0.810. The largest absolute Gasteiger partial charge is 0.481 e. The van der Waals surface area contributed by atoms with Crippen molar-refractivity contribution >= 4 is 39.5 Å². The third-order valence-electron chi connectivity index (χ3n) is 5.68. The number of aliphatic carboxylic acids is 1. The molecule has 2 aromatic carbocycles. The Kier molecular flexibility index (Phi) is 4.96. The lowest BCUT2D eigenvalue weighted by Gasteiger charge is -2.31. The third kappa shape index (κ3) is 3.68. The molecular formula is C22H23N3O4. The Bertz CT molecular complexity index is 1100. The summed E-state index contributed by atoms with van der Waals surface area (Å²) >= 11 is 0. The van der Waals surface area contributed by atoms with E-state index in [1.54, 1.807) is 11.9 Å². The summed E-state index contributed by atoms with van der Waals surface area (Å²) in [5, 5.41) is 12.2. The normalized spacial score (nSPS) is 15.0. The number of rotatable bonds is 4. The number of piperidine rings is 1. The first-order valence-electron chi connectivity index (χ1n) is 9.70. The summed E-state index contributed by atoms with van der Waals surface area (Å²) in [5.74, 6) is -1.61. The molecule has 4 rings (SSSR count). The summed E-state index contributed by atoms with van der Waals surface area (Å²) in [6.07, 6.45) is 0.904. The number of benzene rings is 2. The predicted octanol–water partition coefficient (Wildman–Crippen LogP) is 2.72. The SMILES string of the molecule is CN(CC(=O)N1CCC(C(=O)O)CC1)C(=O)c1cc2c(ccc3ccccc32)[nH]1. The molecule has 7 nitrogen and oxygen atoms in total. The van der Waals surface area contributed by atoms with Gasteiger partial charge in [-0.25, -0.2) is 0 Å². The zero-order chi connectivity index (χ0) is 20.5. The van der Waals surface area contributed by atoms with Crippen LogP contribution < -0.4 is 0 Å². The number of carbonyl (C=O) groups excluding carboxylic acids is 2. The zero-order valence-electron chi connectivity index (χ0n) is 16.2. The van der Waals surface area contributed by atoms with Crippen molar-refractivity contribution in [1.82, 2.24) is 14.8 Å². The number of likely N-dealkylation sites (tertiary alicyclic amines) is 1. The van der Waals surface area contributed by atoms with Crippen molar-refractivity contribution in [3.8, 4) is 0 Å². The quantitative estimate of drug-likeness (QED) is 0.713. The van der Waals surface area contributed by atoms with Crippen molar-refractivity contribution in [1.29, 1.82) is 0 Å². The fourth-order valence-electron chi connectivity index (χ4n) is 3.96. The Labute approximate surface area is 167 Å². The number of aromatic amines is 1. The van der Waals surface area contributed by atoms with Crippen LogP contribution in [0.2, 0.25) is 0 Å². The summed E-state index contributed by atoms with van der Waals surface area (Å²) in [7, 11) is 1.61. The van der Waals surface area contributed by atoms with Crippen LogP contribution in [-0.2, 0) is 9.59 Å². The van der Waals surface area contributed by atoms with Gasteiger partial charge in [0.2, 0.25) is 5.91 Å². The lowest BCUT2D eigenvalue weighted by Crippen LogP contribution is -2.45. The van der Waals surface area contributed by atoms with Gasteiger partial charge in [0.05, 0.1) is 12.5 Å². The molecule has 0 aliphatic carbocycles. The van der Waals surface area contributed by atoms with Crippen molar-refractivity contribution in [2.45, 2.75) is 12.8 Å². The van der Waals surface area contributed by atoms with Crippen molar-refractivity contribution in [3.63, 3.8) is 0 Å². The molecule has 1 saturated heterocycles. The van der Waals surface area contributed by atoms with Crippen LogP contribution in [-0.4, -0.2) is 64.4 Å². The van der Waals surface area contributed by atoms with Crippen LogP contribution in [0.25, 0.3) is 21.7 Å². The highest BCUT2D eigenvalue weighted by Gasteiger charge is 2.28. The molecule has 3 aromatic rings. The number of carbonyl (C=O) groups is 3. The van der Waals surface area contributed by atoms with E-state index in [0.717, 1.165) is 21.7 Å². The Morgan fingerprint density at radius 3 is 2.55 bits per heavy atom. The average molecular weight is 393 g/mol. The monoisotopic (exact) mass is 393 g/mol. The van der Waals surface area contributed by atoms with Crippen molar-refractivity contribution in [2.75, 3.05) is 26.7 Å². The van der Waals surface area contributed by atoms with E-state index in [1.165, 1.54) is 4.90 Å². The number of fused-ring (bicyclic) bond motifs is 3. The van der Waals surface area contributed by atoms with E-state index in [4.69, 9.17) is 5.11 Å². The van der Waals surface area contributed by atoms with E-state index in [-0.39, 0.29) is 24.3 Å². The van der Waals surface area contributed by atoms with Gasteiger partial charge in [-0.15, -0.1) is 0 Å². The number of H-pyrrole nitrogens is 1. The molecule has 0 atom stereocenters. The molecule has 0 bridgehead atoms. The molecule has 2 heterocycles. The van der Waals surface area contributed by atoms with Gasteiger partial charge in [-0.2, -0.15) is 0 Å². The molecule has 7 heteroatoms. The highest BCUT2D eigenvalue weighted by Crippen LogP contribution is 2.26. The van der Waals surface area contributed by atoms with E-state index in [1.807, 2.05) is 42.5 Å². The lowest BCUT2D eigenvalue weighted by atomic mass is 9.97. The van der Waals surface area contributed by atoms with Gasteiger partial charge >= 0.3 is 5.97 Å². The molecule has 1 fully saturated rings. The summed E-state index contributed by atoms with van der Waals surface area (Å²) in [4.78, 5) is 42.6. The Hall–Kier alpha value is -3.35. The van der Waals surface area contributed by atoms with Crippen LogP contribution in [0, 0.1) is 5.92 Å². The second-order valence-corrected chi connectivity index (χ2v) is 7.59. The molecule has 29 heavy (non-hydrogen) atoms. The van der Waals surface area contributed by atoms with Gasteiger partial charge < -0.3 is 19.9 Å². The number of carboxylic acid groups (broad SMARTS) is 1. The van der Waals surface area contributed by atoms with E-state index in [0.29, 0.717) is 31.6 Å². The van der Waals surface area contributed by atoms with E-state index in [9.17, 15) is 14.4 Å². The average Bonchev–Trinajstić information content (AvgIpc) is 3.18. The Balaban J connectivity index is 1.46. The number of carboxylic acids is 1. The van der Waals surface area contributed by atoms with Gasteiger partial charge in [0.25, 0.3) is 5.91 Å². The second kappa shape index (κ2) is 7.58. The third-order valence-corrected chi connectivity index (χ3v) is 5.68. The molecule has 150 valence electrons. The fraction of sp³-hybridized carbons (Fsp3) is 0.318. The highest BCUT2D eigenvalue weighted by molar-refractivity contribution is 6.10. The summed E-state index contributed by atoms with van der Waals surface area (Å²) in [6, 6.07) is 13.8. The van der Waals surface area contributed by atoms with Crippen LogP contribution in [0.5, 0.6) is 0 Å². The molecule has 0 unspecified atom stereocenters. The van der Waals surface area contributed by atoms with Gasteiger partial charge in [0.1, 0.15) is 5.69 Å². The van der Waals surface area contributed by atoms with Gasteiger partial charge in [-0.1, -0.05) is 30.3 Å². The van der Waals surface area contributed by atoms with Crippen LogP contribution in [0.3, 0.4) is 0 Å². The number of aromatic nitrogens is 1. The predicted molar refractivity (Wildman–Crippen MR) is 110 cm³/mol. The van der Waals surface area contributed by atoms with Crippen LogP contribution in [0.1, 0.15) is 23.3 Å². The minimum absolute atomic E-state index is 0.0350. The molecule has 1 aliphatic rings. The maximum Gasteiger partial charge on any atom is 0.306 e. The zero-order valence-corrected chi connectivity index (χ0v) is 16.2. The number of nitrogens with zero attached hydrogens (tertiary/aromatic N) is 2. The first-order chi connectivity index (χ1) is 13.9. The van der Waals surface area contributed by atoms with Crippen molar-refractivity contribution in [2.24, 2.45) is 5.92 Å². The first kappa shape index (κ1) is 19.0. The molecule has 1 aliphatic heterocycles. The summed E-state index contributed by atoms with van der Waals surface area (Å²) in [6.45, 7) is 0.791. The smallest absolute Gasteiger partial charge is 0.306 e. The topological polar surface area (TPSA) is 93.7 Å². The van der Waals surface area contributed by atoms with Crippen molar-refractivity contribution < 1.29 is 19.5 Å². The number of hydrogen-bond donors (Lipinski definition) is 2. The number of likely N-dealkylation sites (N-methyl/N-ethyl adjacent to an activating group) is 1. The van der Waals surface area contributed by atoms with Gasteiger partial charge in [0, 0.05) is 31.0 Å². The Morgan fingerprint density at radius 1 is 1.10 bits per heavy atom. The van der Waals surface area contributed by atoms with E-state index >= 15 is 0 Å². The number of nitrogens with one attached hydrogen (secondary N) is 1. The molecule has 0 saturated carbocycles. The van der Waals surface area contributed by atoms with Gasteiger partial charge in [-0.3, -0.25) is 14.4 Å². The molecule has 0 radical (unpaired) electrons. The van der Waals surface area contributed by atoms with Crippen LogP contribution >= 0.6 is 0 Å². The second-order valence-electron chi connectivity index (χ2n) is 7.59.